The fraction of sp³-hybridized carbons (Fsp3) is 0.467. The molecule has 2 aromatic heterocycles. The topological polar surface area (TPSA) is 30.7 Å². The maximum absolute atomic E-state index is 4.33. The molecule has 0 atom stereocenters. The summed E-state index contributed by atoms with van der Waals surface area (Å²) in [6, 6.07) is 4.39. The first-order chi connectivity index (χ1) is 8.77. The highest BCUT2D eigenvalue weighted by Gasteiger charge is 2.03. The van der Waals surface area contributed by atoms with Crippen LogP contribution in [0.25, 0.3) is 11.3 Å². The summed E-state index contributed by atoms with van der Waals surface area (Å²) in [5.74, 6) is 0. The van der Waals surface area contributed by atoms with E-state index in [1.54, 1.807) is 6.20 Å². The average Bonchev–Trinajstić information content (AvgIpc) is 2.94. The zero-order valence-electron chi connectivity index (χ0n) is 12.4. The Hall–Kier alpha value is -1.64. The number of nitrogens with zero attached hydrogens (tertiary/aromatic N) is 3. The smallest absolute Gasteiger partial charge is 0.0956 e. The molecule has 0 aromatic carbocycles. The van der Waals surface area contributed by atoms with Crippen molar-refractivity contribution in [2.45, 2.75) is 47.6 Å². The van der Waals surface area contributed by atoms with Gasteiger partial charge >= 0.3 is 0 Å². The molecule has 3 heteroatoms. The Balaban J connectivity index is 0.000000659. The highest BCUT2D eigenvalue weighted by Crippen LogP contribution is 2.16. The number of rotatable bonds is 2. The van der Waals surface area contributed by atoms with Crippen LogP contribution in [0.15, 0.2) is 37.1 Å². The quantitative estimate of drug-likeness (QED) is 0.777. The predicted molar refractivity (Wildman–Crippen MR) is 78.5 cm³/mol. The number of aromatic nitrogens is 3. The molecule has 0 N–H and O–H groups in total. The van der Waals surface area contributed by atoms with E-state index in [4.69, 9.17) is 0 Å². The highest BCUT2D eigenvalue weighted by atomic mass is 15.0. The summed E-state index contributed by atoms with van der Waals surface area (Å²) < 4.78 is 2.09. The molecule has 0 unspecified atom stereocenters. The summed E-state index contributed by atoms with van der Waals surface area (Å²) in [5, 5.41) is 0. The van der Waals surface area contributed by atoms with Gasteiger partial charge in [-0.3, -0.25) is 4.98 Å². The molecule has 0 aliphatic carbocycles. The van der Waals surface area contributed by atoms with Crippen LogP contribution < -0.4 is 0 Å². The van der Waals surface area contributed by atoms with E-state index in [0.29, 0.717) is 6.04 Å². The van der Waals surface area contributed by atoms with Crippen molar-refractivity contribution >= 4 is 0 Å². The number of imidazole rings is 1. The first-order valence-corrected chi connectivity index (χ1v) is 6.71. The lowest BCUT2D eigenvalue weighted by molar-refractivity contribution is 0.600. The van der Waals surface area contributed by atoms with Gasteiger partial charge in [-0.1, -0.05) is 27.7 Å². The molecule has 0 aliphatic heterocycles. The fourth-order valence-electron chi connectivity index (χ4n) is 1.28. The number of hydrogen-bond acceptors (Lipinski definition) is 2. The van der Waals surface area contributed by atoms with Gasteiger partial charge in [-0.05, 0) is 26.0 Å². The molecule has 2 rings (SSSR count). The van der Waals surface area contributed by atoms with Crippen LogP contribution in [0.5, 0.6) is 0 Å². The van der Waals surface area contributed by atoms with E-state index < -0.39 is 0 Å². The van der Waals surface area contributed by atoms with Crippen LogP contribution in [0.1, 0.15) is 47.6 Å². The zero-order valence-corrected chi connectivity index (χ0v) is 12.4. The molecule has 0 amide bonds. The Bertz CT molecular complexity index is 405. The van der Waals surface area contributed by atoms with Gasteiger partial charge in [0, 0.05) is 30.2 Å². The van der Waals surface area contributed by atoms with Crippen molar-refractivity contribution in [3.8, 4) is 11.3 Å². The first kappa shape index (κ1) is 16.4. The van der Waals surface area contributed by atoms with Gasteiger partial charge in [-0.2, -0.15) is 0 Å². The van der Waals surface area contributed by atoms with Gasteiger partial charge in [-0.25, -0.2) is 4.98 Å². The average molecular weight is 247 g/mol. The first-order valence-electron chi connectivity index (χ1n) is 6.71. The summed E-state index contributed by atoms with van der Waals surface area (Å²) in [4.78, 5) is 8.40. The van der Waals surface area contributed by atoms with Crippen LogP contribution in [-0.2, 0) is 0 Å². The molecule has 0 bridgehead atoms. The second kappa shape index (κ2) is 9.40. The van der Waals surface area contributed by atoms with E-state index in [2.05, 4.69) is 28.4 Å². The highest BCUT2D eigenvalue weighted by molar-refractivity contribution is 5.56. The lowest BCUT2D eigenvalue weighted by Crippen LogP contribution is -1.95. The summed E-state index contributed by atoms with van der Waals surface area (Å²) in [6.45, 7) is 12.3. The van der Waals surface area contributed by atoms with Crippen molar-refractivity contribution in [3.05, 3.63) is 37.1 Å². The van der Waals surface area contributed by atoms with Gasteiger partial charge in [0.15, 0.2) is 0 Å². The lowest BCUT2D eigenvalue weighted by Gasteiger charge is -2.03. The zero-order chi connectivity index (χ0) is 14.0. The Morgan fingerprint density at radius 1 is 1.11 bits per heavy atom. The van der Waals surface area contributed by atoms with Crippen LogP contribution in [0.2, 0.25) is 0 Å². The minimum Gasteiger partial charge on any atom is -0.334 e. The Morgan fingerprint density at radius 3 is 2.22 bits per heavy atom. The molecule has 0 saturated heterocycles. The minimum absolute atomic E-state index is 0.452. The summed E-state index contributed by atoms with van der Waals surface area (Å²) >= 11 is 0. The molecular weight excluding hydrogens is 222 g/mol. The predicted octanol–water partition coefficient (Wildman–Crippen LogP) is 4.58. The Kier molecular flexibility index (Phi) is 8.54. The molecule has 3 nitrogen and oxygen atoms in total. The van der Waals surface area contributed by atoms with Crippen LogP contribution >= 0.6 is 0 Å². The minimum atomic E-state index is 0.452. The van der Waals surface area contributed by atoms with Crippen LogP contribution in [0.3, 0.4) is 0 Å². The molecule has 2 aromatic rings. The summed E-state index contributed by atoms with van der Waals surface area (Å²) in [6.07, 6.45) is 7.49. The standard InChI is InChI=1S/C11H13N3.2C2H6/c1-9(2)14-7-11(13-8-14)10-4-3-5-12-6-10;2*1-2/h3-9H,1-2H3;2*1-2H3. The Morgan fingerprint density at radius 2 is 1.78 bits per heavy atom. The largest absolute Gasteiger partial charge is 0.334 e. The van der Waals surface area contributed by atoms with E-state index in [-0.39, 0.29) is 0 Å². The van der Waals surface area contributed by atoms with Crippen molar-refractivity contribution in [2.24, 2.45) is 0 Å². The molecule has 0 saturated carbocycles. The van der Waals surface area contributed by atoms with E-state index in [9.17, 15) is 0 Å². The van der Waals surface area contributed by atoms with Gasteiger partial charge in [0.2, 0.25) is 0 Å². The third-order valence-corrected chi connectivity index (χ3v) is 2.16. The maximum Gasteiger partial charge on any atom is 0.0956 e. The van der Waals surface area contributed by atoms with Gasteiger partial charge in [-0.15, -0.1) is 0 Å². The van der Waals surface area contributed by atoms with Crippen LogP contribution in [-0.4, -0.2) is 14.5 Å². The third-order valence-electron chi connectivity index (χ3n) is 2.16. The van der Waals surface area contributed by atoms with Gasteiger partial charge in [0.05, 0.1) is 12.0 Å². The Labute approximate surface area is 111 Å². The van der Waals surface area contributed by atoms with E-state index in [0.717, 1.165) is 11.3 Å². The second-order valence-electron chi connectivity index (χ2n) is 3.54. The number of hydrogen-bond donors (Lipinski definition) is 0. The molecule has 2 heterocycles. The van der Waals surface area contributed by atoms with Crippen LogP contribution in [0.4, 0.5) is 0 Å². The normalized spacial score (nSPS) is 9.06. The number of pyridine rings is 1. The second-order valence-corrected chi connectivity index (χ2v) is 3.54. The van der Waals surface area contributed by atoms with Crippen molar-refractivity contribution in [2.75, 3.05) is 0 Å². The molecule has 100 valence electrons. The SMILES string of the molecule is CC.CC.CC(C)n1cnc(-c2cccnc2)c1. The maximum atomic E-state index is 4.33. The van der Waals surface area contributed by atoms with Crippen molar-refractivity contribution in [1.82, 2.24) is 14.5 Å². The monoisotopic (exact) mass is 247 g/mol. The van der Waals surface area contributed by atoms with Crippen molar-refractivity contribution < 1.29 is 0 Å². The van der Waals surface area contributed by atoms with Gasteiger partial charge in [0.1, 0.15) is 0 Å². The van der Waals surface area contributed by atoms with Crippen molar-refractivity contribution in [3.63, 3.8) is 0 Å². The van der Waals surface area contributed by atoms with E-state index in [1.807, 2.05) is 58.5 Å². The molecule has 0 aliphatic rings. The lowest BCUT2D eigenvalue weighted by atomic mass is 10.2. The molecule has 0 spiro atoms. The summed E-state index contributed by atoms with van der Waals surface area (Å²) in [7, 11) is 0. The molecule has 18 heavy (non-hydrogen) atoms. The van der Waals surface area contributed by atoms with Crippen molar-refractivity contribution in [1.29, 1.82) is 0 Å². The molecule has 0 radical (unpaired) electrons. The summed E-state index contributed by atoms with van der Waals surface area (Å²) in [5.41, 5.74) is 2.04. The third kappa shape index (κ3) is 4.70. The van der Waals surface area contributed by atoms with Gasteiger partial charge in [0.25, 0.3) is 0 Å². The molecule has 0 fully saturated rings. The van der Waals surface area contributed by atoms with Crippen LogP contribution in [0, 0.1) is 0 Å². The fourth-order valence-corrected chi connectivity index (χ4v) is 1.28. The molecular formula is C15H25N3. The van der Waals surface area contributed by atoms with Gasteiger partial charge < -0.3 is 4.57 Å². The van der Waals surface area contributed by atoms with E-state index >= 15 is 0 Å². The van der Waals surface area contributed by atoms with E-state index in [1.165, 1.54) is 0 Å².